The lowest BCUT2D eigenvalue weighted by Gasteiger charge is -2.24. The van der Waals surface area contributed by atoms with Crippen LogP contribution in [-0.4, -0.2) is 21.5 Å². The van der Waals surface area contributed by atoms with Crippen LogP contribution in [0.15, 0.2) is 12.3 Å². The lowest BCUT2D eigenvalue weighted by atomic mass is 10.1. The molecular formula is C12H16IN3O. The van der Waals surface area contributed by atoms with Crippen molar-refractivity contribution in [2.45, 2.75) is 32.4 Å². The van der Waals surface area contributed by atoms with E-state index in [1.54, 1.807) is 0 Å². The second-order valence-electron chi connectivity index (χ2n) is 4.22. The molecule has 1 aromatic rings. The van der Waals surface area contributed by atoms with Crippen molar-refractivity contribution >= 4 is 32.1 Å². The van der Waals surface area contributed by atoms with Crippen molar-refractivity contribution in [2.24, 2.45) is 0 Å². The van der Waals surface area contributed by atoms with Crippen molar-refractivity contribution in [3.05, 3.63) is 23.4 Å². The highest BCUT2D eigenvalue weighted by Gasteiger charge is 2.16. The van der Waals surface area contributed by atoms with Crippen LogP contribution >= 0.6 is 22.6 Å². The molecule has 0 aromatic carbocycles. The fourth-order valence-corrected chi connectivity index (χ4v) is 2.27. The molecule has 1 atom stereocenters. The first-order chi connectivity index (χ1) is 8.16. The third-order valence-electron chi connectivity index (χ3n) is 2.74. The summed E-state index contributed by atoms with van der Waals surface area (Å²) in [7, 11) is 0. The van der Waals surface area contributed by atoms with E-state index < -0.39 is 0 Å². The number of nitrogens with zero attached hydrogens (tertiary/aromatic N) is 1. The van der Waals surface area contributed by atoms with Gasteiger partial charge >= 0.3 is 0 Å². The summed E-state index contributed by atoms with van der Waals surface area (Å²) in [5.74, 6) is 0.752. The van der Waals surface area contributed by atoms with Gasteiger partial charge in [0.15, 0.2) is 0 Å². The van der Waals surface area contributed by atoms with Crippen molar-refractivity contribution < 1.29 is 4.74 Å². The van der Waals surface area contributed by atoms with E-state index in [1.165, 1.54) is 6.42 Å². The molecule has 2 rings (SSSR count). The molecule has 1 aliphatic heterocycles. The minimum absolute atomic E-state index is 0.0356. The Kier molecular flexibility index (Phi) is 4.33. The smallest absolute Gasteiger partial charge is 0.137 e. The molecule has 0 amide bonds. The number of hydrogen-bond acceptors (Lipinski definition) is 4. The van der Waals surface area contributed by atoms with Gasteiger partial charge in [-0.15, -0.1) is 0 Å². The van der Waals surface area contributed by atoms with Crippen LogP contribution in [0.3, 0.4) is 0 Å². The Labute approximate surface area is 115 Å². The fraction of sp³-hybridized carbons (Fsp3) is 0.500. The van der Waals surface area contributed by atoms with Gasteiger partial charge in [-0.2, -0.15) is 0 Å². The Bertz CT molecular complexity index is 416. The maximum absolute atomic E-state index is 7.76. The third kappa shape index (κ3) is 3.38. The Morgan fingerprint density at radius 1 is 1.59 bits per heavy atom. The predicted octanol–water partition coefficient (Wildman–Crippen LogP) is 3.09. The zero-order valence-corrected chi connectivity index (χ0v) is 12.0. The molecule has 1 aromatic heterocycles. The molecule has 2 N–H and O–H groups in total. The molecule has 1 saturated heterocycles. The van der Waals surface area contributed by atoms with E-state index in [4.69, 9.17) is 10.1 Å². The molecule has 0 aliphatic carbocycles. The molecule has 4 nitrogen and oxygen atoms in total. The number of ether oxygens (including phenoxy) is 1. The van der Waals surface area contributed by atoms with Crippen LogP contribution in [0.2, 0.25) is 0 Å². The number of nitrogens with one attached hydrogen (secondary N) is 2. The Morgan fingerprint density at radius 3 is 3.06 bits per heavy atom. The number of aryl methyl sites for hydroxylation is 1. The first kappa shape index (κ1) is 12.8. The monoisotopic (exact) mass is 345 g/mol. The van der Waals surface area contributed by atoms with Gasteiger partial charge in [-0.1, -0.05) is 0 Å². The molecule has 0 saturated carbocycles. The highest BCUT2D eigenvalue weighted by Crippen LogP contribution is 2.21. The SMILES string of the molecule is Cc1cnc(NC2CCCCO2)c(C(=N)I)c1. The molecule has 0 radical (unpaired) electrons. The summed E-state index contributed by atoms with van der Waals surface area (Å²) >= 11 is 2.01. The molecule has 92 valence electrons. The second-order valence-corrected chi connectivity index (χ2v) is 5.30. The Balaban J connectivity index is 2.16. The Morgan fingerprint density at radius 2 is 2.41 bits per heavy atom. The summed E-state index contributed by atoms with van der Waals surface area (Å²) in [6.07, 6.45) is 5.17. The fourth-order valence-electron chi connectivity index (χ4n) is 1.86. The van der Waals surface area contributed by atoms with E-state index in [-0.39, 0.29) is 6.23 Å². The Hall–Kier alpha value is -0.690. The quantitative estimate of drug-likeness (QED) is 0.654. The number of hydrogen-bond donors (Lipinski definition) is 2. The summed E-state index contributed by atoms with van der Waals surface area (Å²) < 4.78 is 6.12. The molecule has 1 fully saturated rings. The standard InChI is InChI=1S/C12H16IN3O/c1-8-6-9(11(13)14)12(15-7-8)16-10-4-2-3-5-17-10/h6-7,10,14H,2-5H2,1H3,(H,15,16). The molecular weight excluding hydrogens is 329 g/mol. The van der Waals surface area contributed by atoms with Crippen LogP contribution in [0.4, 0.5) is 5.82 Å². The van der Waals surface area contributed by atoms with Gasteiger partial charge in [0.05, 0.1) is 0 Å². The van der Waals surface area contributed by atoms with E-state index in [0.29, 0.717) is 3.72 Å². The first-order valence-electron chi connectivity index (χ1n) is 5.76. The van der Waals surface area contributed by atoms with E-state index in [0.717, 1.165) is 36.4 Å². The number of pyridine rings is 1. The van der Waals surface area contributed by atoms with Crippen LogP contribution in [0.25, 0.3) is 0 Å². The van der Waals surface area contributed by atoms with Crippen molar-refractivity contribution in [2.75, 3.05) is 11.9 Å². The van der Waals surface area contributed by atoms with Gasteiger partial charge in [0, 0.05) is 18.4 Å². The molecule has 5 heteroatoms. The number of aromatic nitrogens is 1. The molecule has 2 heterocycles. The van der Waals surface area contributed by atoms with Crippen molar-refractivity contribution in [3.8, 4) is 0 Å². The molecule has 1 aliphatic rings. The number of rotatable bonds is 3. The number of halogens is 1. The molecule has 17 heavy (non-hydrogen) atoms. The minimum atomic E-state index is 0.0356. The lowest BCUT2D eigenvalue weighted by molar-refractivity contribution is 0.0341. The molecule has 1 unspecified atom stereocenters. The van der Waals surface area contributed by atoms with E-state index in [2.05, 4.69) is 10.3 Å². The van der Waals surface area contributed by atoms with Gasteiger partial charge in [0.1, 0.15) is 15.8 Å². The lowest BCUT2D eigenvalue weighted by Crippen LogP contribution is -2.28. The summed E-state index contributed by atoms with van der Waals surface area (Å²) in [6.45, 7) is 2.79. The van der Waals surface area contributed by atoms with Crippen molar-refractivity contribution in [3.63, 3.8) is 0 Å². The molecule has 0 spiro atoms. The van der Waals surface area contributed by atoms with Gasteiger partial charge in [0.2, 0.25) is 0 Å². The van der Waals surface area contributed by atoms with Gasteiger partial charge in [0.25, 0.3) is 0 Å². The van der Waals surface area contributed by atoms with Crippen LogP contribution in [0.5, 0.6) is 0 Å². The van der Waals surface area contributed by atoms with Gasteiger partial charge in [-0.25, -0.2) is 4.98 Å². The van der Waals surface area contributed by atoms with E-state index >= 15 is 0 Å². The summed E-state index contributed by atoms with van der Waals surface area (Å²) in [4.78, 5) is 4.36. The maximum atomic E-state index is 7.76. The average molecular weight is 345 g/mol. The van der Waals surface area contributed by atoms with Gasteiger partial charge in [-0.3, -0.25) is 5.41 Å². The maximum Gasteiger partial charge on any atom is 0.137 e. The highest BCUT2D eigenvalue weighted by molar-refractivity contribution is 14.1. The predicted molar refractivity (Wildman–Crippen MR) is 77.0 cm³/mol. The number of anilines is 1. The third-order valence-corrected chi connectivity index (χ3v) is 3.32. The van der Waals surface area contributed by atoms with Gasteiger partial charge in [-0.05, 0) is 60.4 Å². The summed E-state index contributed by atoms with van der Waals surface area (Å²) in [5, 5.41) is 11.0. The summed E-state index contributed by atoms with van der Waals surface area (Å²) in [5.41, 5.74) is 1.91. The average Bonchev–Trinajstić information content (AvgIpc) is 2.32. The summed E-state index contributed by atoms with van der Waals surface area (Å²) in [6, 6.07) is 1.98. The van der Waals surface area contributed by atoms with Gasteiger partial charge < -0.3 is 10.1 Å². The highest BCUT2D eigenvalue weighted by atomic mass is 127. The minimum Gasteiger partial charge on any atom is -0.359 e. The normalized spacial score (nSPS) is 20.0. The zero-order valence-electron chi connectivity index (χ0n) is 9.79. The van der Waals surface area contributed by atoms with E-state index in [1.807, 2.05) is 41.8 Å². The molecule has 0 bridgehead atoms. The first-order valence-corrected chi connectivity index (χ1v) is 6.84. The second kappa shape index (κ2) is 5.77. The largest absolute Gasteiger partial charge is 0.359 e. The van der Waals surface area contributed by atoms with Crippen LogP contribution in [-0.2, 0) is 4.74 Å². The van der Waals surface area contributed by atoms with E-state index in [9.17, 15) is 0 Å². The zero-order chi connectivity index (χ0) is 12.3. The topological polar surface area (TPSA) is 58.0 Å². The van der Waals surface area contributed by atoms with Crippen LogP contribution in [0, 0.1) is 12.3 Å². The van der Waals surface area contributed by atoms with Crippen molar-refractivity contribution in [1.82, 2.24) is 4.98 Å². The van der Waals surface area contributed by atoms with Crippen LogP contribution in [0.1, 0.15) is 30.4 Å². The van der Waals surface area contributed by atoms with Crippen molar-refractivity contribution in [1.29, 1.82) is 5.41 Å². The van der Waals surface area contributed by atoms with Crippen LogP contribution < -0.4 is 5.32 Å².